The Balaban J connectivity index is 2.22. The summed E-state index contributed by atoms with van der Waals surface area (Å²) in [5.74, 6) is 0.343. The van der Waals surface area contributed by atoms with E-state index >= 15 is 0 Å². The van der Waals surface area contributed by atoms with Crippen LogP contribution < -0.4 is 10.5 Å². The van der Waals surface area contributed by atoms with Crippen LogP contribution in [0.3, 0.4) is 0 Å². The first-order valence-corrected chi connectivity index (χ1v) is 5.59. The summed E-state index contributed by atoms with van der Waals surface area (Å²) in [6.07, 6.45) is -3.98. The molecule has 0 fully saturated rings. The van der Waals surface area contributed by atoms with Crippen LogP contribution in [-0.2, 0) is 4.74 Å². The van der Waals surface area contributed by atoms with Gasteiger partial charge in [-0.1, -0.05) is 17.7 Å². The molecule has 0 spiro atoms. The van der Waals surface area contributed by atoms with Gasteiger partial charge in [-0.2, -0.15) is 13.2 Å². The van der Waals surface area contributed by atoms with Gasteiger partial charge in [0.25, 0.3) is 0 Å². The molecule has 1 rings (SSSR count). The topological polar surface area (TPSA) is 44.5 Å². The molecule has 0 aliphatic rings. The lowest BCUT2D eigenvalue weighted by atomic mass is 10.3. The molecule has 0 atom stereocenters. The fourth-order valence-electron chi connectivity index (χ4n) is 1.20. The average Bonchev–Trinajstić information content (AvgIpc) is 2.25. The highest BCUT2D eigenvalue weighted by atomic mass is 35.5. The number of rotatable bonds is 6. The summed E-state index contributed by atoms with van der Waals surface area (Å²) >= 11 is 5.84. The molecule has 0 aromatic heterocycles. The van der Waals surface area contributed by atoms with Gasteiger partial charge < -0.3 is 15.2 Å². The van der Waals surface area contributed by atoms with Crippen molar-refractivity contribution in [1.29, 1.82) is 0 Å². The summed E-state index contributed by atoms with van der Waals surface area (Å²) in [5.41, 5.74) is 6.02. The minimum absolute atomic E-state index is 0.0378. The van der Waals surface area contributed by atoms with Crippen molar-refractivity contribution in [3.63, 3.8) is 0 Å². The molecule has 102 valence electrons. The third-order valence-corrected chi connectivity index (χ3v) is 2.24. The highest BCUT2D eigenvalue weighted by Gasteiger charge is 2.27. The van der Waals surface area contributed by atoms with Gasteiger partial charge in [0.2, 0.25) is 0 Å². The Bertz CT molecular complexity index is 365. The van der Waals surface area contributed by atoms with Crippen molar-refractivity contribution in [3.05, 3.63) is 23.2 Å². The molecule has 0 saturated heterocycles. The normalized spacial score (nSPS) is 11.6. The second-order valence-corrected chi connectivity index (χ2v) is 3.94. The summed E-state index contributed by atoms with van der Waals surface area (Å²) in [7, 11) is 0. The van der Waals surface area contributed by atoms with Crippen molar-refractivity contribution in [2.24, 2.45) is 0 Å². The Kier molecular flexibility index (Phi) is 5.55. The van der Waals surface area contributed by atoms with Crippen LogP contribution in [0.5, 0.6) is 5.75 Å². The average molecular weight is 284 g/mol. The Morgan fingerprint density at radius 3 is 2.56 bits per heavy atom. The maximum absolute atomic E-state index is 11.7. The number of nitrogen functional groups attached to an aromatic ring is 1. The molecule has 0 unspecified atom stereocenters. The van der Waals surface area contributed by atoms with Gasteiger partial charge in [-0.15, -0.1) is 0 Å². The van der Waals surface area contributed by atoms with E-state index in [0.29, 0.717) is 22.9 Å². The van der Waals surface area contributed by atoms with Gasteiger partial charge in [0, 0.05) is 6.42 Å². The van der Waals surface area contributed by atoms with Crippen molar-refractivity contribution in [2.75, 3.05) is 25.6 Å². The van der Waals surface area contributed by atoms with Crippen LogP contribution in [0.1, 0.15) is 6.42 Å². The number of halogens is 4. The Hall–Kier alpha value is -1.14. The number of para-hydroxylation sites is 1. The van der Waals surface area contributed by atoms with Gasteiger partial charge in [0.05, 0.1) is 23.9 Å². The van der Waals surface area contributed by atoms with E-state index in [1.807, 2.05) is 0 Å². The van der Waals surface area contributed by atoms with Crippen molar-refractivity contribution in [2.45, 2.75) is 12.6 Å². The minimum Gasteiger partial charge on any atom is -0.490 e. The van der Waals surface area contributed by atoms with Crippen molar-refractivity contribution in [3.8, 4) is 5.75 Å². The molecule has 1 aromatic rings. The van der Waals surface area contributed by atoms with E-state index in [2.05, 4.69) is 4.74 Å². The van der Waals surface area contributed by atoms with Gasteiger partial charge >= 0.3 is 6.18 Å². The van der Waals surface area contributed by atoms with E-state index in [9.17, 15) is 13.2 Å². The zero-order chi connectivity index (χ0) is 13.6. The smallest absolute Gasteiger partial charge is 0.411 e. The number of nitrogens with two attached hydrogens (primary N) is 1. The Labute approximate surface area is 108 Å². The first kappa shape index (κ1) is 14.9. The molecule has 7 heteroatoms. The summed E-state index contributed by atoms with van der Waals surface area (Å²) < 4.78 is 44.9. The standard InChI is InChI=1S/C11H13ClF3NO2/c12-8-3-1-4-9(16)10(8)18-6-2-5-17-7-11(13,14)15/h1,3-4H,2,5-7,16H2. The molecule has 0 heterocycles. The third kappa shape index (κ3) is 5.46. The van der Waals surface area contributed by atoms with Crippen molar-refractivity contribution >= 4 is 17.3 Å². The first-order valence-electron chi connectivity index (χ1n) is 5.21. The monoisotopic (exact) mass is 283 g/mol. The second kappa shape index (κ2) is 6.70. The van der Waals surface area contributed by atoms with Gasteiger partial charge in [-0.05, 0) is 12.1 Å². The minimum atomic E-state index is -4.30. The Morgan fingerprint density at radius 1 is 1.22 bits per heavy atom. The van der Waals surface area contributed by atoms with E-state index in [1.165, 1.54) is 0 Å². The number of hydrogen-bond acceptors (Lipinski definition) is 3. The van der Waals surface area contributed by atoms with E-state index in [0.717, 1.165) is 0 Å². The number of anilines is 1. The molecule has 0 amide bonds. The molecule has 0 saturated carbocycles. The largest absolute Gasteiger partial charge is 0.490 e. The lowest BCUT2D eigenvalue weighted by Gasteiger charge is -2.11. The highest BCUT2D eigenvalue weighted by Crippen LogP contribution is 2.30. The fraction of sp³-hybridized carbons (Fsp3) is 0.455. The summed E-state index contributed by atoms with van der Waals surface area (Å²) in [6.45, 7) is -1.10. The van der Waals surface area contributed by atoms with Crippen LogP contribution in [-0.4, -0.2) is 26.0 Å². The second-order valence-electron chi connectivity index (χ2n) is 3.53. The molecule has 0 radical (unpaired) electrons. The van der Waals surface area contributed by atoms with E-state index in [4.69, 9.17) is 22.1 Å². The van der Waals surface area contributed by atoms with Crippen molar-refractivity contribution < 1.29 is 22.6 Å². The molecule has 2 N–H and O–H groups in total. The van der Waals surface area contributed by atoms with E-state index < -0.39 is 12.8 Å². The molecular formula is C11H13ClF3NO2. The van der Waals surface area contributed by atoms with Gasteiger partial charge in [-0.25, -0.2) is 0 Å². The number of benzene rings is 1. The Morgan fingerprint density at radius 2 is 1.94 bits per heavy atom. The molecule has 3 nitrogen and oxygen atoms in total. The zero-order valence-electron chi connectivity index (χ0n) is 9.47. The molecular weight excluding hydrogens is 271 g/mol. The maximum Gasteiger partial charge on any atom is 0.411 e. The molecule has 18 heavy (non-hydrogen) atoms. The zero-order valence-corrected chi connectivity index (χ0v) is 10.2. The lowest BCUT2D eigenvalue weighted by Crippen LogP contribution is -2.18. The van der Waals surface area contributed by atoms with Crippen LogP contribution in [0.25, 0.3) is 0 Å². The SMILES string of the molecule is Nc1cccc(Cl)c1OCCCOCC(F)(F)F. The maximum atomic E-state index is 11.7. The molecule has 0 aliphatic carbocycles. The number of alkyl halides is 3. The quantitative estimate of drug-likeness (QED) is 0.644. The van der Waals surface area contributed by atoms with Gasteiger partial charge in [0.1, 0.15) is 6.61 Å². The highest BCUT2D eigenvalue weighted by molar-refractivity contribution is 6.32. The predicted octanol–water partition coefficient (Wildman–Crippen LogP) is 3.27. The molecule has 0 bridgehead atoms. The van der Waals surface area contributed by atoms with Gasteiger partial charge in [0.15, 0.2) is 5.75 Å². The summed E-state index contributed by atoms with van der Waals surface area (Å²) in [4.78, 5) is 0. The van der Waals surface area contributed by atoms with E-state index in [1.54, 1.807) is 18.2 Å². The number of ether oxygens (including phenoxy) is 2. The fourth-order valence-corrected chi connectivity index (χ4v) is 1.44. The van der Waals surface area contributed by atoms with Crippen LogP contribution in [0.15, 0.2) is 18.2 Å². The number of hydrogen-bond donors (Lipinski definition) is 1. The first-order chi connectivity index (χ1) is 8.40. The molecule has 0 aliphatic heterocycles. The third-order valence-electron chi connectivity index (χ3n) is 1.94. The summed E-state index contributed by atoms with van der Waals surface area (Å²) in [5, 5.41) is 0.367. The van der Waals surface area contributed by atoms with Gasteiger partial charge in [-0.3, -0.25) is 0 Å². The predicted molar refractivity (Wildman–Crippen MR) is 62.9 cm³/mol. The van der Waals surface area contributed by atoms with Crippen molar-refractivity contribution in [1.82, 2.24) is 0 Å². The van der Waals surface area contributed by atoms with Crippen LogP contribution in [0.4, 0.5) is 18.9 Å². The van der Waals surface area contributed by atoms with Crippen LogP contribution >= 0.6 is 11.6 Å². The van der Waals surface area contributed by atoms with Crippen LogP contribution in [0, 0.1) is 0 Å². The summed E-state index contributed by atoms with van der Waals surface area (Å²) in [6, 6.07) is 4.92. The van der Waals surface area contributed by atoms with E-state index in [-0.39, 0.29) is 13.2 Å². The molecule has 1 aromatic carbocycles. The van der Waals surface area contributed by atoms with Crippen LogP contribution in [0.2, 0.25) is 5.02 Å². The lowest BCUT2D eigenvalue weighted by molar-refractivity contribution is -0.174.